The van der Waals surface area contributed by atoms with Gasteiger partial charge in [-0.05, 0) is 74.4 Å². The van der Waals surface area contributed by atoms with Gasteiger partial charge in [0.15, 0.2) is 0 Å². The van der Waals surface area contributed by atoms with E-state index in [2.05, 4.69) is 0 Å². The van der Waals surface area contributed by atoms with Crippen LogP contribution in [0.25, 0.3) is 0 Å². The number of sulfonamides is 1. The molecule has 0 saturated heterocycles. The molecule has 0 unspecified atom stereocenters. The second-order valence-corrected chi connectivity index (χ2v) is 8.91. The molecule has 0 aliphatic heterocycles. The van der Waals surface area contributed by atoms with E-state index in [1.165, 1.54) is 24.3 Å². The van der Waals surface area contributed by atoms with Gasteiger partial charge in [0.05, 0.1) is 10.6 Å². The fourth-order valence-corrected chi connectivity index (χ4v) is 4.49. The summed E-state index contributed by atoms with van der Waals surface area (Å²) < 4.78 is 27.8. The van der Waals surface area contributed by atoms with Crippen LogP contribution >= 0.6 is 11.6 Å². The van der Waals surface area contributed by atoms with Crippen LogP contribution in [0.2, 0.25) is 5.02 Å². The summed E-state index contributed by atoms with van der Waals surface area (Å²) in [5, 5.41) is 0.419. The number of nitrogens with zero attached hydrogens (tertiary/aromatic N) is 1. The molecule has 0 atom stereocenters. The fraction of sp³-hybridized carbons (Fsp3) is 0.136. The first kappa shape index (κ1) is 20.1. The lowest BCUT2D eigenvalue weighted by Crippen LogP contribution is -2.37. The molecule has 1 amide bonds. The highest BCUT2D eigenvalue weighted by Gasteiger charge is 2.33. The lowest BCUT2D eigenvalue weighted by atomic mass is 10.1. The second kappa shape index (κ2) is 7.78. The number of carbonyl (C=O) groups excluding carboxylic acids is 1. The average molecular weight is 414 g/mol. The molecule has 0 heterocycles. The Bertz CT molecular complexity index is 1140. The number of carbonyl (C=O) groups is 1. The fourth-order valence-electron chi connectivity index (χ4n) is 2.89. The highest BCUT2D eigenvalue weighted by atomic mass is 35.5. The number of rotatable bonds is 4. The Labute approximate surface area is 170 Å². The molecule has 0 bridgehead atoms. The van der Waals surface area contributed by atoms with Crippen molar-refractivity contribution in [2.45, 2.75) is 25.7 Å². The summed E-state index contributed by atoms with van der Waals surface area (Å²) in [5.74, 6) is -0.604. The van der Waals surface area contributed by atoms with E-state index in [1.807, 2.05) is 26.0 Å². The number of aryl methyl sites for hydroxylation is 3. The third kappa shape index (κ3) is 3.96. The van der Waals surface area contributed by atoms with Gasteiger partial charge < -0.3 is 0 Å². The Hall–Kier alpha value is -2.63. The molecule has 0 aliphatic carbocycles. The first-order valence-electron chi connectivity index (χ1n) is 8.69. The van der Waals surface area contributed by atoms with Crippen molar-refractivity contribution in [2.75, 3.05) is 4.31 Å². The smallest absolute Gasteiger partial charge is 0.268 e. The van der Waals surface area contributed by atoms with Gasteiger partial charge in [0, 0.05) is 10.6 Å². The van der Waals surface area contributed by atoms with E-state index in [0.29, 0.717) is 21.8 Å². The predicted octanol–water partition coefficient (Wildman–Crippen LogP) is 5.30. The van der Waals surface area contributed by atoms with Crippen molar-refractivity contribution in [3.05, 3.63) is 94.0 Å². The van der Waals surface area contributed by atoms with E-state index in [-0.39, 0.29) is 4.90 Å². The van der Waals surface area contributed by atoms with E-state index < -0.39 is 15.9 Å². The molecule has 3 aromatic rings. The molecule has 0 aliphatic rings. The first-order valence-corrected chi connectivity index (χ1v) is 10.5. The topological polar surface area (TPSA) is 54.5 Å². The van der Waals surface area contributed by atoms with Gasteiger partial charge in [0.1, 0.15) is 0 Å². The molecule has 0 saturated carbocycles. The summed E-state index contributed by atoms with van der Waals surface area (Å²) in [7, 11) is -4.15. The first-order chi connectivity index (χ1) is 13.2. The van der Waals surface area contributed by atoms with Crippen LogP contribution in [0.5, 0.6) is 0 Å². The van der Waals surface area contributed by atoms with Crippen molar-refractivity contribution in [3.8, 4) is 0 Å². The quantitative estimate of drug-likeness (QED) is 0.583. The van der Waals surface area contributed by atoms with Crippen LogP contribution in [-0.2, 0) is 10.0 Å². The summed E-state index contributed by atoms with van der Waals surface area (Å²) in [6, 6.07) is 18.1. The van der Waals surface area contributed by atoms with Crippen molar-refractivity contribution in [1.29, 1.82) is 0 Å². The van der Waals surface area contributed by atoms with Crippen LogP contribution in [0.15, 0.2) is 71.6 Å². The van der Waals surface area contributed by atoms with E-state index in [4.69, 9.17) is 11.6 Å². The summed E-state index contributed by atoms with van der Waals surface area (Å²) in [6.45, 7) is 5.49. The van der Waals surface area contributed by atoms with Crippen LogP contribution in [0.1, 0.15) is 27.0 Å². The maximum absolute atomic E-state index is 13.5. The van der Waals surface area contributed by atoms with Crippen molar-refractivity contribution in [2.24, 2.45) is 0 Å². The van der Waals surface area contributed by atoms with Crippen molar-refractivity contribution < 1.29 is 13.2 Å². The third-order valence-electron chi connectivity index (χ3n) is 4.38. The lowest BCUT2D eigenvalue weighted by molar-refractivity contribution is 0.100. The van der Waals surface area contributed by atoms with Crippen molar-refractivity contribution in [1.82, 2.24) is 0 Å². The molecule has 3 aromatic carbocycles. The molecule has 6 heteroatoms. The van der Waals surface area contributed by atoms with E-state index in [0.717, 1.165) is 15.4 Å². The lowest BCUT2D eigenvalue weighted by Gasteiger charge is -2.25. The maximum Gasteiger partial charge on any atom is 0.272 e. The minimum absolute atomic E-state index is 0.00110. The van der Waals surface area contributed by atoms with Gasteiger partial charge in [-0.15, -0.1) is 0 Å². The Kier molecular flexibility index (Phi) is 5.59. The second-order valence-electron chi connectivity index (χ2n) is 6.69. The van der Waals surface area contributed by atoms with Gasteiger partial charge in [-0.25, -0.2) is 8.42 Å². The summed E-state index contributed by atoms with van der Waals surface area (Å²) in [6.07, 6.45) is 0. The molecule has 4 nitrogen and oxygen atoms in total. The van der Waals surface area contributed by atoms with Crippen molar-refractivity contribution in [3.63, 3.8) is 0 Å². The highest BCUT2D eigenvalue weighted by Crippen LogP contribution is 2.30. The van der Waals surface area contributed by atoms with Gasteiger partial charge in [0.25, 0.3) is 15.9 Å². The molecule has 0 fully saturated rings. The van der Waals surface area contributed by atoms with Crippen LogP contribution in [0.3, 0.4) is 0 Å². The zero-order chi connectivity index (χ0) is 20.5. The standard InChI is InChI=1S/C22H20ClNO3S/c1-15-5-4-6-18(13-15)22(25)24(21-14-16(2)7-8-17(21)3)28(26,27)20-11-9-19(23)10-12-20/h4-14H,1-3H3. The normalized spacial score (nSPS) is 11.3. The number of amides is 1. The van der Waals surface area contributed by atoms with Gasteiger partial charge in [0.2, 0.25) is 0 Å². The number of hydrogen-bond donors (Lipinski definition) is 0. The number of anilines is 1. The van der Waals surface area contributed by atoms with E-state index in [1.54, 1.807) is 37.3 Å². The van der Waals surface area contributed by atoms with Gasteiger partial charge in [-0.1, -0.05) is 41.4 Å². The molecule has 144 valence electrons. The SMILES string of the molecule is Cc1cccc(C(=O)N(c2cc(C)ccc2C)S(=O)(=O)c2ccc(Cl)cc2)c1. The third-order valence-corrected chi connectivity index (χ3v) is 6.35. The summed E-state index contributed by atoms with van der Waals surface area (Å²) in [4.78, 5) is 13.4. The number of halogens is 1. The van der Waals surface area contributed by atoms with Gasteiger partial charge in [-0.2, -0.15) is 4.31 Å². The minimum Gasteiger partial charge on any atom is -0.268 e. The largest absolute Gasteiger partial charge is 0.272 e. The maximum atomic E-state index is 13.5. The van der Waals surface area contributed by atoms with Gasteiger partial charge >= 0.3 is 0 Å². The Morgan fingerprint density at radius 1 is 0.857 bits per heavy atom. The van der Waals surface area contributed by atoms with Crippen LogP contribution in [0, 0.1) is 20.8 Å². The molecule has 0 radical (unpaired) electrons. The zero-order valence-electron chi connectivity index (χ0n) is 15.8. The molecule has 28 heavy (non-hydrogen) atoms. The zero-order valence-corrected chi connectivity index (χ0v) is 17.4. The van der Waals surface area contributed by atoms with Crippen LogP contribution in [0.4, 0.5) is 5.69 Å². The van der Waals surface area contributed by atoms with E-state index in [9.17, 15) is 13.2 Å². The molecule has 3 rings (SSSR count). The number of benzene rings is 3. The molecule has 0 N–H and O–H groups in total. The predicted molar refractivity (Wildman–Crippen MR) is 113 cm³/mol. The molecule has 0 aromatic heterocycles. The van der Waals surface area contributed by atoms with E-state index >= 15 is 0 Å². The van der Waals surface area contributed by atoms with Crippen LogP contribution < -0.4 is 4.31 Å². The Morgan fingerprint density at radius 2 is 1.50 bits per heavy atom. The molecule has 0 spiro atoms. The molecular formula is C22H20ClNO3S. The summed E-state index contributed by atoms with van der Waals surface area (Å²) >= 11 is 5.90. The molecular weight excluding hydrogens is 394 g/mol. The monoisotopic (exact) mass is 413 g/mol. The number of hydrogen-bond acceptors (Lipinski definition) is 3. The minimum atomic E-state index is -4.15. The van der Waals surface area contributed by atoms with Gasteiger partial charge in [-0.3, -0.25) is 4.79 Å². The Balaban J connectivity index is 2.24. The highest BCUT2D eigenvalue weighted by molar-refractivity contribution is 7.93. The van der Waals surface area contributed by atoms with Crippen molar-refractivity contribution >= 4 is 33.2 Å². The summed E-state index contributed by atoms with van der Waals surface area (Å²) in [5.41, 5.74) is 3.05. The van der Waals surface area contributed by atoms with Crippen LogP contribution in [-0.4, -0.2) is 14.3 Å². The average Bonchev–Trinajstić information content (AvgIpc) is 2.65. The Morgan fingerprint density at radius 3 is 2.14 bits per heavy atom.